The van der Waals surface area contributed by atoms with E-state index in [2.05, 4.69) is 40.1 Å². The van der Waals surface area contributed by atoms with Gasteiger partial charge in [-0.3, -0.25) is 0 Å². The number of aromatic nitrogens is 1. The van der Waals surface area contributed by atoms with Gasteiger partial charge >= 0.3 is 0 Å². The zero-order valence-electron chi connectivity index (χ0n) is 10.5. The summed E-state index contributed by atoms with van der Waals surface area (Å²) in [6, 6.07) is 6.35. The maximum absolute atomic E-state index is 5.72. The van der Waals surface area contributed by atoms with Crippen LogP contribution in [0.15, 0.2) is 22.8 Å². The Morgan fingerprint density at radius 3 is 2.88 bits per heavy atom. The predicted molar refractivity (Wildman–Crippen MR) is 73.2 cm³/mol. The summed E-state index contributed by atoms with van der Waals surface area (Å²) in [6.07, 6.45) is 1.41. The predicted octanol–water partition coefficient (Wildman–Crippen LogP) is 3.46. The van der Waals surface area contributed by atoms with Gasteiger partial charge in [0, 0.05) is 18.1 Å². The molecule has 0 saturated heterocycles. The average molecular weight is 299 g/mol. The smallest absolute Gasteiger partial charge is 0.127 e. The third kappa shape index (κ3) is 2.63. The molecule has 0 bridgehead atoms. The van der Waals surface area contributed by atoms with Crippen molar-refractivity contribution in [2.45, 2.75) is 39.3 Å². The molecule has 0 radical (unpaired) electrons. The highest BCUT2D eigenvalue weighted by Gasteiger charge is 2.48. The molecule has 1 aromatic heterocycles. The molecule has 3 nitrogen and oxygen atoms in total. The fraction of sp³-hybridized carbons (Fsp3) is 0.615. The Bertz CT molecular complexity index is 395. The molecule has 2 unspecified atom stereocenters. The molecule has 1 aliphatic carbocycles. The average Bonchev–Trinajstić information content (AvgIpc) is 2.28. The first-order chi connectivity index (χ1) is 8.04. The Labute approximate surface area is 111 Å². The molecule has 2 rings (SSSR count). The topological polar surface area (TPSA) is 34.1 Å². The molecule has 1 fully saturated rings. The SMILES string of the molecule is CCOC1CC(Nc2cccc(Br)n2)C1(C)C. The van der Waals surface area contributed by atoms with E-state index in [0.29, 0.717) is 12.1 Å². The fourth-order valence-electron chi connectivity index (χ4n) is 2.28. The van der Waals surface area contributed by atoms with E-state index in [4.69, 9.17) is 4.74 Å². The molecule has 0 aliphatic heterocycles. The lowest BCUT2D eigenvalue weighted by Crippen LogP contribution is -2.58. The summed E-state index contributed by atoms with van der Waals surface area (Å²) in [5.41, 5.74) is 0.167. The first-order valence-corrected chi connectivity index (χ1v) is 6.84. The van der Waals surface area contributed by atoms with Crippen LogP contribution < -0.4 is 5.32 Å². The lowest BCUT2D eigenvalue weighted by atomic mass is 9.64. The molecule has 0 spiro atoms. The summed E-state index contributed by atoms with van der Waals surface area (Å²) >= 11 is 3.38. The van der Waals surface area contributed by atoms with Crippen LogP contribution in [0.25, 0.3) is 0 Å². The minimum absolute atomic E-state index is 0.167. The number of nitrogens with one attached hydrogen (secondary N) is 1. The molecule has 0 amide bonds. The minimum atomic E-state index is 0.167. The van der Waals surface area contributed by atoms with E-state index < -0.39 is 0 Å². The number of anilines is 1. The van der Waals surface area contributed by atoms with E-state index in [1.807, 2.05) is 25.1 Å². The second-order valence-corrected chi connectivity index (χ2v) is 5.86. The van der Waals surface area contributed by atoms with Gasteiger partial charge in [-0.2, -0.15) is 0 Å². The number of ether oxygens (including phenoxy) is 1. The highest BCUT2D eigenvalue weighted by molar-refractivity contribution is 9.10. The van der Waals surface area contributed by atoms with E-state index >= 15 is 0 Å². The number of nitrogens with zero attached hydrogens (tertiary/aromatic N) is 1. The Morgan fingerprint density at radius 2 is 2.29 bits per heavy atom. The normalized spacial score (nSPS) is 26.4. The lowest BCUT2D eigenvalue weighted by molar-refractivity contribution is -0.0976. The van der Waals surface area contributed by atoms with Crippen LogP contribution in [0.1, 0.15) is 27.2 Å². The van der Waals surface area contributed by atoms with E-state index in [-0.39, 0.29) is 5.41 Å². The van der Waals surface area contributed by atoms with Crippen LogP contribution in [-0.2, 0) is 4.74 Å². The Morgan fingerprint density at radius 1 is 1.53 bits per heavy atom. The van der Waals surface area contributed by atoms with Gasteiger partial charge < -0.3 is 10.1 Å². The van der Waals surface area contributed by atoms with Gasteiger partial charge in [-0.15, -0.1) is 0 Å². The first-order valence-electron chi connectivity index (χ1n) is 6.04. The summed E-state index contributed by atoms with van der Waals surface area (Å²) < 4.78 is 6.58. The summed E-state index contributed by atoms with van der Waals surface area (Å²) in [6.45, 7) is 7.32. The van der Waals surface area contributed by atoms with Crippen molar-refractivity contribution in [3.05, 3.63) is 22.8 Å². The van der Waals surface area contributed by atoms with Crippen molar-refractivity contribution in [3.63, 3.8) is 0 Å². The zero-order valence-corrected chi connectivity index (χ0v) is 12.1. The van der Waals surface area contributed by atoms with Gasteiger partial charge in [0.2, 0.25) is 0 Å². The molecular formula is C13H19BrN2O. The van der Waals surface area contributed by atoms with Gasteiger partial charge in [0.15, 0.2) is 0 Å². The highest BCUT2D eigenvalue weighted by Crippen LogP contribution is 2.44. The van der Waals surface area contributed by atoms with Crippen molar-refractivity contribution in [2.24, 2.45) is 5.41 Å². The first kappa shape index (κ1) is 12.8. The van der Waals surface area contributed by atoms with Crippen molar-refractivity contribution in [3.8, 4) is 0 Å². The molecule has 1 saturated carbocycles. The van der Waals surface area contributed by atoms with Crippen molar-refractivity contribution in [1.82, 2.24) is 4.98 Å². The third-order valence-corrected chi connectivity index (χ3v) is 4.02. The van der Waals surface area contributed by atoms with Gasteiger partial charge in [0.05, 0.1) is 6.10 Å². The number of halogens is 1. The monoisotopic (exact) mass is 298 g/mol. The maximum Gasteiger partial charge on any atom is 0.127 e. The number of hydrogen-bond donors (Lipinski definition) is 1. The molecule has 1 heterocycles. The van der Waals surface area contributed by atoms with Crippen molar-refractivity contribution < 1.29 is 4.74 Å². The quantitative estimate of drug-likeness (QED) is 0.865. The second kappa shape index (κ2) is 4.94. The van der Waals surface area contributed by atoms with Crippen LogP contribution >= 0.6 is 15.9 Å². The van der Waals surface area contributed by atoms with Crippen LogP contribution in [0.2, 0.25) is 0 Å². The molecule has 94 valence electrons. The van der Waals surface area contributed by atoms with Crippen LogP contribution in [0.3, 0.4) is 0 Å². The third-order valence-electron chi connectivity index (χ3n) is 3.58. The molecular weight excluding hydrogens is 280 g/mol. The molecule has 1 aliphatic rings. The highest BCUT2D eigenvalue weighted by atomic mass is 79.9. The molecule has 1 N–H and O–H groups in total. The standard InChI is InChI=1S/C13H19BrN2O/c1-4-17-10-8-9(13(10,2)3)15-12-7-5-6-11(14)16-12/h5-7,9-10H,4,8H2,1-3H3,(H,15,16). The Hall–Kier alpha value is -0.610. The maximum atomic E-state index is 5.72. The number of pyridine rings is 1. The Kier molecular flexibility index (Phi) is 3.73. The van der Waals surface area contributed by atoms with Gasteiger partial charge in [0.25, 0.3) is 0 Å². The Balaban J connectivity index is 1.98. The van der Waals surface area contributed by atoms with Crippen LogP contribution in [-0.4, -0.2) is 23.7 Å². The van der Waals surface area contributed by atoms with Crippen LogP contribution in [0.4, 0.5) is 5.82 Å². The van der Waals surface area contributed by atoms with Crippen LogP contribution in [0, 0.1) is 5.41 Å². The van der Waals surface area contributed by atoms with Crippen molar-refractivity contribution >= 4 is 21.7 Å². The van der Waals surface area contributed by atoms with Gasteiger partial charge in [-0.25, -0.2) is 4.98 Å². The van der Waals surface area contributed by atoms with Gasteiger partial charge in [-0.05, 0) is 41.4 Å². The largest absolute Gasteiger partial charge is 0.378 e. The molecule has 1 aromatic rings. The number of hydrogen-bond acceptors (Lipinski definition) is 3. The van der Waals surface area contributed by atoms with Gasteiger partial charge in [0.1, 0.15) is 10.4 Å². The molecule has 17 heavy (non-hydrogen) atoms. The summed E-state index contributed by atoms with van der Waals surface area (Å²) in [4.78, 5) is 4.40. The molecule has 2 atom stereocenters. The van der Waals surface area contributed by atoms with E-state index in [9.17, 15) is 0 Å². The van der Waals surface area contributed by atoms with E-state index in [0.717, 1.165) is 23.4 Å². The van der Waals surface area contributed by atoms with Crippen LogP contribution in [0.5, 0.6) is 0 Å². The van der Waals surface area contributed by atoms with E-state index in [1.54, 1.807) is 0 Å². The lowest BCUT2D eigenvalue weighted by Gasteiger charge is -2.51. The number of rotatable bonds is 4. The van der Waals surface area contributed by atoms with E-state index in [1.165, 1.54) is 0 Å². The zero-order chi connectivity index (χ0) is 12.5. The fourth-order valence-corrected chi connectivity index (χ4v) is 2.63. The van der Waals surface area contributed by atoms with Gasteiger partial charge in [-0.1, -0.05) is 19.9 Å². The minimum Gasteiger partial charge on any atom is -0.378 e. The molecule has 0 aromatic carbocycles. The summed E-state index contributed by atoms with van der Waals surface area (Å²) in [7, 11) is 0. The second-order valence-electron chi connectivity index (χ2n) is 5.04. The van der Waals surface area contributed by atoms with Crippen molar-refractivity contribution in [2.75, 3.05) is 11.9 Å². The molecule has 4 heteroatoms. The summed E-state index contributed by atoms with van der Waals surface area (Å²) in [5.74, 6) is 0.924. The van der Waals surface area contributed by atoms with Crippen molar-refractivity contribution in [1.29, 1.82) is 0 Å². The summed E-state index contributed by atoms with van der Waals surface area (Å²) in [5, 5.41) is 3.48.